The smallest absolute Gasteiger partial charge is 0.417 e. The van der Waals surface area contributed by atoms with Crippen LogP contribution in [0.3, 0.4) is 0 Å². The molecule has 0 bridgehead atoms. The van der Waals surface area contributed by atoms with Crippen molar-refractivity contribution in [3.8, 4) is 0 Å². The van der Waals surface area contributed by atoms with E-state index in [4.69, 9.17) is 9.47 Å². The number of hydrogen-bond donors (Lipinski definition) is 0. The molecule has 130 valence electrons. The van der Waals surface area contributed by atoms with E-state index in [1.807, 2.05) is 0 Å². The maximum absolute atomic E-state index is 11.3. The van der Waals surface area contributed by atoms with Gasteiger partial charge in [0, 0.05) is 24.8 Å². The fourth-order valence-electron chi connectivity index (χ4n) is 1.14. The number of carbonyl (C=O) groups is 4. The fourth-order valence-corrected chi connectivity index (χ4v) is 1.14. The zero-order chi connectivity index (χ0) is 17.7. The highest BCUT2D eigenvalue weighted by Gasteiger charge is 2.17. The van der Waals surface area contributed by atoms with Crippen molar-refractivity contribution in [1.29, 1.82) is 0 Å². The van der Waals surface area contributed by atoms with E-state index in [0.717, 1.165) is 0 Å². The van der Waals surface area contributed by atoms with Crippen LogP contribution >= 0.6 is 0 Å². The van der Waals surface area contributed by atoms with Crippen molar-refractivity contribution < 1.29 is 38.1 Å². The molecule has 0 amide bonds. The van der Waals surface area contributed by atoms with E-state index in [2.05, 4.69) is 16.1 Å². The highest BCUT2D eigenvalue weighted by molar-refractivity contribution is 6.29. The molecule has 0 atom stereocenters. The summed E-state index contributed by atoms with van der Waals surface area (Å²) >= 11 is 0. The van der Waals surface area contributed by atoms with Crippen LogP contribution in [0.1, 0.15) is 33.1 Å². The van der Waals surface area contributed by atoms with Gasteiger partial charge >= 0.3 is 23.9 Å². The summed E-state index contributed by atoms with van der Waals surface area (Å²) in [5, 5.41) is 0. The van der Waals surface area contributed by atoms with E-state index in [1.54, 1.807) is 6.92 Å². The molecule has 0 aromatic rings. The minimum atomic E-state index is -1.12. The second-order valence-corrected chi connectivity index (χ2v) is 4.47. The van der Waals surface area contributed by atoms with Gasteiger partial charge in [-0.3, -0.25) is 4.79 Å². The van der Waals surface area contributed by atoms with Crippen molar-refractivity contribution in [3.63, 3.8) is 0 Å². The van der Waals surface area contributed by atoms with Crippen molar-refractivity contribution in [1.82, 2.24) is 0 Å². The molecule has 23 heavy (non-hydrogen) atoms. The molecule has 0 rings (SSSR count). The molecule has 0 aliphatic rings. The maximum Gasteiger partial charge on any atom is 0.417 e. The third-order valence-corrected chi connectivity index (χ3v) is 2.34. The van der Waals surface area contributed by atoms with Crippen LogP contribution in [0.4, 0.5) is 0 Å². The van der Waals surface area contributed by atoms with Gasteiger partial charge in [-0.1, -0.05) is 13.5 Å². The summed E-state index contributed by atoms with van der Waals surface area (Å²) in [5.41, 5.74) is 0.273. The summed E-state index contributed by atoms with van der Waals surface area (Å²) in [6.45, 7) is 6.63. The lowest BCUT2D eigenvalue weighted by Crippen LogP contribution is -2.22. The Bertz CT molecular complexity index is 441. The first-order chi connectivity index (χ1) is 10.9. The molecule has 0 unspecified atom stereocenters. The Morgan fingerprint density at radius 1 is 0.739 bits per heavy atom. The molecule has 0 radical (unpaired) electrons. The minimum Gasteiger partial charge on any atom is -0.466 e. The third-order valence-electron chi connectivity index (χ3n) is 2.34. The Morgan fingerprint density at radius 2 is 1.13 bits per heavy atom. The molecule has 0 aromatic heterocycles. The molecule has 0 N–H and O–H groups in total. The van der Waals surface area contributed by atoms with E-state index in [-0.39, 0.29) is 50.8 Å². The predicted molar refractivity (Wildman–Crippen MR) is 78.2 cm³/mol. The Kier molecular flexibility index (Phi) is 10.9. The predicted octanol–water partition coefficient (Wildman–Crippen LogP) is 0.925. The van der Waals surface area contributed by atoms with Crippen molar-refractivity contribution in [2.75, 3.05) is 26.4 Å². The first-order valence-corrected chi connectivity index (χ1v) is 7.20. The van der Waals surface area contributed by atoms with E-state index >= 15 is 0 Å². The molecular weight excluding hydrogens is 308 g/mol. The van der Waals surface area contributed by atoms with Gasteiger partial charge in [-0.05, 0) is 6.92 Å². The topological polar surface area (TPSA) is 105 Å². The molecule has 0 aromatic carbocycles. The lowest BCUT2D eigenvalue weighted by Gasteiger charge is -2.07. The van der Waals surface area contributed by atoms with Crippen LogP contribution < -0.4 is 0 Å². The van der Waals surface area contributed by atoms with E-state index in [1.165, 1.54) is 6.92 Å². The monoisotopic (exact) mass is 330 g/mol. The average Bonchev–Trinajstić information content (AvgIpc) is 2.52. The SMILES string of the molecule is C=C(C)C(=O)OCCCOC(=O)C(=O)OCCCOC(=O)CC. The van der Waals surface area contributed by atoms with Gasteiger partial charge in [-0.15, -0.1) is 0 Å². The Morgan fingerprint density at radius 3 is 1.52 bits per heavy atom. The molecule has 0 fully saturated rings. The van der Waals surface area contributed by atoms with Gasteiger partial charge in [-0.2, -0.15) is 0 Å². The largest absolute Gasteiger partial charge is 0.466 e. The Labute approximate surface area is 134 Å². The maximum atomic E-state index is 11.3. The summed E-state index contributed by atoms with van der Waals surface area (Å²) < 4.78 is 18.8. The summed E-state index contributed by atoms with van der Waals surface area (Å²) in [6, 6.07) is 0. The van der Waals surface area contributed by atoms with E-state index in [0.29, 0.717) is 6.42 Å². The van der Waals surface area contributed by atoms with Crippen LogP contribution in [-0.4, -0.2) is 50.3 Å². The molecule has 8 heteroatoms. The minimum absolute atomic E-state index is 0.0524. The van der Waals surface area contributed by atoms with Gasteiger partial charge in [-0.25, -0.2) is 14.4 Å². The number of hydrogen-bond acceptors (Lipinski definition) is 8. The molecule has 0 saturated heterocycles. The molecule has 0 heterocycles. The summed E-state index contributed by atoms with van der Waals surface area (Å²) in [5.74, 6) is -3.12. The van der Waals surface area contributed by atoms with Gasteiger partial charge in [0.2, 0.25) is 0 Å². The van der Waals surface area contributed by atoms with Crippen LogP contribution in [0.25, 0.3) is 0 Å². The molecule has 0 aliphatic heterocycles. The summed E-state index contributed by atoms with van der Waals surface area (Å²) in [7, 11) is 0. The second kappa shape index (κ2) is 12.2. The van der Waals surface area contributed by atoms with Crippen LogP contribution in [0.15, 0.2) is 12.2 Å². The van der Waals surface area contributed by atoms with E-state index < -0.39 is 17.9 Å². The van der Waals surface area contributed by atoms with Crippen LogP contribution in [0, 0.1) is 0 Å². The highest BCUT2D eigenvalue weighted by atomic mass is 16.6. The number of rotatable bonds is 10. The van der Waals surface area contributed by atoms with Crippen molar-refractivity contribution in [2.45, 2.75) is 33.1 Å². The Balaban J connectivity index is 3.63. The number of carbonyl (C=O) groups excluding carboxylic acids is 4. The molecule has 0 saturated carbocycles. The van der Waals surface area contributed by atoms with Crippen LogP contribution in [0.2, 0.25) is 0 Å². The van der Waals surface area contributed by atoms with E-state index in [9.17, 15) is 19.2 Å². The molecular formula is C15H22O8. The van der Waals surface area contributed by atoms with Gasteiger partial charge in [0.1, 0.15) is 0 Å². The molecule has 8 nitrogen and oxygen atoms in total. The van der Waals surface area contributed by atoms with Gasteiger partial charge in [0.15, 0.2) is 0 Å². The highest BCUT2D eigenvalue weighted by Crippen LogP contribution is 1.95. The lowest BCUT2D eigenvalue weighted by molar-refractivity contribution is -0.168. The Hall–Kier alpha value is -2.38. The summed E-state index contributed by atoms with van der Waals surface area (Å²) in [6.07, 6.45) is 0.820. The number of ether oxygens (including phenoxy) is 4. The van der Waals surface area contributed by atoms with Crippen molar-refractivity contribution in [3.05, 3.63) is 12.2 Å². The quantitative estimate of drug-likeness (QED) is 0.191. The summed E-state index contributed by atoms with van der Waals surface area (Å²) in [4.78, 5) is 44.4. The molecule has 0 spiro atoms. The number of esters is 4. The fraction of sp³-hybridized carbons (Fsp3) is 0.600. The van der Waals surface area contributed by atoms with Gasteiger partial charge in [0.25, 0.3) is 0 Å². The molecule has 0 aliphatic carbocycles. The standard InChI is InChI=1S/C15H22O8/c1-4-12(16)20-7-5-9-22-14(18)15(19)23-10-6-8-21-13(17)11(2)3/h2,4-10H2,1,3H3. The first-order valence-electron chi connectivity index (χ1n) is 7.20. The second-order valence-electron chi connectivity index (χ2n) is 4.47. The zero-order valence-corrected chi connectivity index (χ0v) is 13.4. The average molecular weight is 330 g/mol. The normalized spacial score (nSPS) is 9.65. The zero-order valence-electron chi connectivity index (χ0n) is 13.4. The van der Waals surface area contributed by atoms with Gasteiger partial charge in [0.05, 0.1) is 26.4 Å². The van der Waals surface area contributed by atoms with Crippen LogP contribution in [-0.2, 0) is 38.1 Å². The van der Waals surface area contributed by atoms with Crippen molar-refractivity contribution >= 4 is 23.9 Å². The van der Waals surface area contributed by atoms with Crippen LogP contribution in [0.5, 0.6) is 0 Å². The van der Waals surface area contributed by atoms with Gasteiger partial charge < -0.3 is 18.9 Å². The van der Waals surface area contributed by atoms with Crippen molar-refractivity contribution in [2.24, 2.45) is 0 Å². The third kappa shape index (κ3) is 10.9. The first kappa shape index (κ1) is 20.6. The lowest BCUT2D eigenvalue weighted by atomic mass is 10.4.